The number of carbonyl (C=O) groups excluding carboxylic acids is 1. The number of benzene rings is 2. The molecule has 9 nitrogen and oxygen atoms in total. The molecule has 2 heterocycles. The second kappa shape index (κ2) is 11.3. The van der Waals surface area contributed by atoms with Gasteiger partial charge in [-0.05, 0) is 67.6 Å². The van der Waals surface area contributed by atoms with Gasteiger partial charge in [0.25, 0.3) is 5.91 Å². The third-order valence-corrected chi connectivity index (χ3v) is 6.02. The summed E-state index contributed by atoms with van der Waals surface area (Å²) in [4.78, 5) is 16.5. The van der Waals surface area contributed by atoms with Crippen molar-refractivity contribution in [2.75, 3.05) is 20.0 Å². The lowest BCUT2D eigenvalue weighted by molar-refractivity contribution is -0.118. The molecule has 10 heteroatoms. The van der Waals surface area contributed by atoms with Gasteiger partial charge in [0, 0.05) is 29.2 Å². The van der Waals surface area contributed by atoms with Crippen LogP contribution in [0, 0.1) is 0 Å². The van der Waals surface area contributed by atoms with Crippen LogP contribution in [0.3, 0.4) is 0 Å². The van der Waals surface area contributed by atoms with Gasteiger partial charge in [0.05, 0.1) is 25.7 Å². The number of pyridine rings is 1. The van der Waals surface area contributed by atoms with Crippen LogP contribution in [0.5, 0.6) is 11.5 Å². The third-order valence-electron chi connectivity index (χ3n) is 5.09. The second-order valence-electron chi connectivity index (χ2n) is 7.32. The van der Waals surface area contributed by atoms with Crippen LogP contribution in [0.2, 0.25) is 0 Å². The molecule has 0 radical (unpaired) electrons. The SMILES string of the molecule is COc1ccc(-c2nnc(SCC(=O)NN=C(C)c3ccncc3)n2-c2ccc(OC)cc2)cc1. The van der Waals surface area contributed by atoms with Crippen molar-refractivity contribution in [3.8, 4) is 28.6 Å². The first-order chi connectivity index (χ1) is 17.1. The Morgan fingerprint density at radius 1 is 0.943 bits per heavy atom. The highest BCUT2D eigenvalue weighted by Gasteiger charge is 2.17. The second-order valence-corrected chi connectivity index (χ2v) is 8.27. The molecule has 178 valence electrons. The quantitative estimate of drug-likeness (QED) is 0.216. The number of rotatable bonds is 9. The van der Waals surface area contributed by atoms with Gasteiger partial charge in [-0.15, -0.1) is 10.2 Å². The summed E-state index contributed by atoms with van der Waals surface area (Å²) in [6, 6.07) is 18.8. The van der Waals surface area contributed by atoms with E-state index in [1.165, 1.54) is 11.8 Å². The number of hydrogen-bond donors (Lipinski definition) is 1. The van der Waals surface area contributed by atoms with Gasteiger partial charge in [0.1, 0.15) is 11.5 Å². The maximum atomic E-state index is 12.5. The summed E-state index contributed by atoms with van der Waals surface area (Å²) in [5.41, 5.74) is 5.88. The normalized spacial score (nSPS) is 11.2. The number of thioether (sulfide) groups is 1. The number of amides is 1. The largest absolute Gasteiger partial charge is 0.497 e. The van der Waals surface area contributed by atoms with Gasteiger partial charge in [-0.25, -0.2) is 5.43 Å². The highest BCUT2D eigenvalue weighted by Crippen LogP contribution is 2.29. The lowest BCUT2D eigenvalue weighted by atomic mass is 10.2. The molecule has 2 aromatic heterocycles. The fourth-order valence-corrected chi connectivity index (χ4v) is 3.97. The minimum atomic E-state index is -0.251. The van der Waals surface area contributed by atoms with Crippen LogP contribution in [-0.2, 0) is 4.79 Å². The number of methoxy groups -OCH3 is 2. The molecule has 1 N–H and O–H groups in total. The highest BCUT2D eigenvalue weighted by molar-refractivity contribution is 7.99. The zero-order chi connectivity index (χ0) is 24.6. The minimum Gasteiger partial charge on any atom is -0.497 e. The van der Waals surface area contributed by atoms with Crippen molar-refractivity contribution in [2.45, 2.75) is 12.1 Å². The molecule has 0 atom stereocenters. The van der Waals surface area contributed by atoms with E-state index in [9.17, 15) is 4.79 Å². The topological polar surface area (TPSA) is 104 Å². The van der Waals surface area contributed by atoms with Crippen LogP contribution >= 0.6 is 11.8 Å². The van der Waals surface area contributed by atoms with Gasteiger partial charge in [-0.1, -0.05) is 11.8 Å². The number of nitrogens with one attached hydrogen (secondary N) is 1. The van der Waals surface area contributed by atoms with E-state index in [0.717, 1.165) is 28.3 Å². The molecule has 0 saturated carbocycles. The standard InChI is InChI=1S/C25H24N6O3S/c1-17(18-12-14-26-15-13-18)27-28-23(32)16-35-25-30-29-24(19-4-8-21(33-2)9-5-19)31(25)20-6-10-22(34-3)11-7-20/h4-15H,16H2,1-3H3,(H,28,32). The molecule has 0 saturated heterocycles. The Morgan fingerprint density at radius 3 is 2.20 bits per heavy atom. The average molecular weight is 489 g/mol. The molecule has 0 unspecified atom stereocenters. The molecule has 2 aromatic carbocycles. The summed E-state index contributed by atoms with van der Waals surface area (Å²) in [6.45, 7) is 1.82. The first kappa shape index (κ1) is 24.0. The van der Waals surface area contributed by atoms with Crippen molar-refractivity contribution in [3.05, 3.63) is 78.6 Å². The number of hydrazone groups is 1. The zero-order valence-electron chi connectivity index (χ0n) is 19.5. The van der Waals surface area contributed by atoms with Crippen molar-refractivity contribution in [2.24, 2.45) is 5.10 Å². The molecule has 0 bridgehead atoms. The lowest BCUT2D eigenvalue weighted by Gasteiger charge is -2.11. The van der Waals surface area contributed by atoms with Crippen LogP contribution in [0.1, 0.15) is 12.5 Å². The Labute approximate surface area is 207 Å². The van der Waals surface area contributed by atoms with E-state index in [1.807, 2.05) is 72.2 Å². The molecule has 0 aliphatic rings. The summed E-state index contributed by atoms with van der Waals surface area (Å²) in [6.07, 6.45) is 3.36. The first-order valence-electron chi connectivity index (χ1n) is 10.7. The summed E-state index contributed by atoms with van der Waals surface area (Å²) >= 11 is 1.27. The third kappa shape index (κ3) is 5.85. The lowest BCUT2D eigenvalue weighted by Crippen LogP contribution is -2.21. The van der Waals surface area contributed by atoms with Crippen LogP contribution < -0.4 is 14.9 Å². The average Bonchev–Trinajstić information content (AvgIpc) is 3.35. The fourth-order valence-electron chi connectivity index (χ4n) is 3.22. The number of ether oxygens (including phenoxy) is 2. The Bertz CT molecular complexity index is 1310. The molecule has 4 aromatic rings. The van der Waals surface area contributed by atoms with Crippen molar-refractivity contribution in [3.63, 3.8) is 0 Å². The van der Waals surface area contributed by atoms with Gasteiger partial charge in [-0.2, -0.15) is 5.10 Å². The fraction of sp³-hybridized carbons (Fsp3) is 0.160. The van der Waals surface area contributed by atoms with Crippen molar-refractivity contribution < 1.29 is 14.3 Å². The predicted octanol–water partition coefficient (Wildman–Crippen LogP) is 3.98. The molecular weight excluding hydrogens is 464 g/mol. The summed E-state index contributed by atoms with van der Waals surface area (Å²) in [5.74, 6) is 2.00. The molecule has 0 aliphatic heterocycles. The molecule has 1 amide bonds. The maximum absolute atomic E-state index is 12.5. The summed E-state index contributed by atoms with van der Waals surface area (Å²) in [7, 11) is 3.24. The van der Waals surface area contributed by atoms with Crippen LogP contribution in [0.15, 0.2) is 83.3 Å². The van der Waals surface area contributed by atoms with Gasteiger partial charge >= 0.3 is 0 Å². The molecule has 4 rings (SSSR count). The molecular formula is C25H24N6O3S. The van der Waals surface area contributed by atoms with Crippen LogP contribution in [-0.4, -0.2) is 51.3 Å². The van der Waals surface area contributed by atoms with Crippen LogP contribution in [0.25, 0.3) is 17.1 Å². The predicted molar refractivity (Wildman–Crippen MR) is 135 cm³/mol. The molecule has 0 spiro atoms. The number of aromatic nitrogens is 4. The Hall–Kier alpha value is -4.18. The van der Waals surface area contributed by atoms with Gasteiger partial charge in [0.15, 0.2) is 11.0 Å². The number of carbonyl (C=O) groups is 1. The zero-order valence-corrected chi connectivity index (χ0v) is 20.3. The van der Waals surface area contributed by atoms with Gasteiger partial charge in [0.2, 0.25) is 0 Å². The molecule has 35 heavy (non-hydrogen) atoms. The Balaban J connectivity index is 1.55. The van der Waals surface area contributed by atoms with Crippen molar-refractivity contribution in [1.82, 2.24) is 25.2 Å². The Kier molecular flexibility index (Phi) is 7.74. The maximum Gasteiger partial charge on any atom is 0.250 e. The minimum absolute atomic E-state index is 0.115. The van der Waals surface area contributed by atoms with E-state index in [0.29, 0.717) is 16.7 Å². The molecule has 0 aliphatic carbocycles. The van der Waals surface area contributed by atoms with E-state index in [2.05, 4.69) is 25.7 Å². The number of hydrogen-bond acceptors (Lipinski definition) is 8. The molecule has 0 fully saturated rings. The van der Waals surface area contributed by atoms with Crippen molar-refractivity contribution >= 4 is 23.4 Å². The van der Waals surface area contributed by atoms with E-state index in [4.69, 9.17) is 9.47 Å². The first-order valence-corrected chi connectivity index (χ1v) is 11.7. The van der Waals surface area contributed by atoms with E-state index in [1.54, 1.807) is 26.6 Å². The van der Waals surface area contributed by atoms with E-state index >= 15 is 0 Å². The monoisotopic (exact) mass is 488 g/mol. The summed E-state index contributed by atoms with van der Waals surface area (Å²) in [5, 5.41) is 13.5. The van der Waals surface area contributed by atoms with Gasteiger partial charge < -0.3 is 9.47 Å². The number of nitrogens with zero attached hydrogens (tertiary/aromatic N) is 5. The summed E-state index contributed by atoms with van der Waals surface area (Å²) < 4.78 is 12.5. The van der Waals surface area contributed by atoms with Crippen molar-refractivity contribution in [1.29, 1.82) is 0 Å². The van der Waals surface area contributed by atoms with E-state index in [-0.39, 0.29) is 11.7 Å². The Morgan fingerprint density at radius 2 is 1.57 bits per heavy atom. The smallest absolute Gasteiger partial charge is 0.250 e. The van der Waals surface area contributed by atoms with E-state index < -0.39 is 0 Å². The van der Waals surface area contributed by atoms with Gasteiger partial charge in [-0.3, -0.25) is 14.3 Å². The van der Waals surface area contributed by atoms with Crippen LogP contribution in [0.4, 0.5) is 0 Å². The highest BCUT2D eigenvalue weighted by atomic mass is 32.2.